The van der Waals surface area contributed by atoms with Crippen molar-refractivity contribution in [1.82, 2.24) is 4.98 Å². The lowest BCUT2D eigenvalue weighted by molar-refractivity contribution is 0.262. The number of carbonyl (C=O) groups is 1. The van der Waals surface area contributed by atoms with Crippen LogP contribution in [-0.4, -0.2) is 18.1 Å². The lowest BCUT2D eigenvalue weighted by Gasteiger charge is -2.13. The second-order valence-corrected chi connectivity index (χ2v) is 6.21. The van der Waals surface area contributed by atoms with Crippen LogP contribution in [0.3, 0.4) is 0 Å². The van der Waals surface area contributed by atoms with Crippen LogP contribution in [0.1, 0.15) is 5.56 Å². The zero-order valence-electron chi connectivity index (χ0n) is 14.9. The van der Waals surface area contributed by atoms with Crippen molar-refractivity contribution >= 4 is 40.5 Å². The number of aromatic nitrogens is 1. The SMILES string of the molecule is COc1cc(Cl)c(C)cc1Nc1ccc(NC(=O)Nc2ccccc2)nc1. The van der Waals surface area contributed by atoms with Gasteiger partial charge in [-0.3, -0.25) is 5.32 Å². The first kappa shape index (κ1) is 18.5. The molecule has 0 radical (unpaired) electrons. The molecule has 2 aromatic carbocycles. The molecule has 2 amide bonds. The Kier molecular flexibility index (Phi) is 5.78. The Balaban J connectivity index is 1.65. The summed E-state index contributed by atoms with van der Waals surface area (Å²) in [6.07, 6.45) is 1.63. The van der Waals surface area contributed by atoms with Crippen molar-refractivity contribution in [3.05, 3.63) is 71.4 Å². The average Bonchev–Trinajstić information content (AvgIpc) is 2.67. The first-order valence-corrected chi connectivity index (χ1v) is 8.63. The second-order valence-electron chi connectivity index (χ2n) is 5.80. The van der Waals surface area contributed by atoms with E-state index in [0.29, 0.717) is 22.3 Å². The highest BCUT2D eigenvalue weighted by Crippen LogP contribution is 2.33. The number of amides is 2. The van der Waals surface area contributed by atoms with Crippen molar-refractivity contribution in [2.45, 2.75) is 6.92 Å². The van der Waals surface area contributed by atoms with Crippen LogP contribution in [0.2, 0.25) is 5.02 Å². The molecule has 0 aliphatic heterocycles. The third-order valence-corrected chi connectivity index (χ3v) is 4.20. The molecule has 27 heavy (non-hydrogen) atoms. The third kappa shape index (κ3) is 4.89. The summed E-state index contributed by atoms with van der Waals surface area (Å²) < 4.78 is 5.35. The third-order valence-electron chi connectivity index (χ3n) is 3.80. The minimum Gasteiger partial charge on any atom is -0.495 e. The lowest BCUT2D eigenvalue weighted by Crippen LogP contribution is -2.19. The fraction of sp³-hybridized carbons (Fsp3) is 0.100. The van der Waals surface area contributed by atoms with E-state index >= 15 is 0 Å². The standard InChI is InChI=1S/C20H19ClN4O2/c1-13-10-17(18(27-2)11-16(13)21)23-15-8-9-19(22-12-15)25-20(26)24-14-6-4-3-5-7-14/h3-12,23H,1-2H3,(H2,22,24,25,26). The Morgan fingerprint density at radius 3 is 2.48 bits per heavy atom. The Morgan fingerprint density at radius 1 is 1.04 bits per heavy atom. The number of para-hydroxylation sites is 1. The first-order valence-electron chi connectivity index (χ1n) is 8.25. The Labute approximate surface area is 162 Å². The Morgan fingerprint density at radius 2 is 1.81 bits per heavy atom. The van der Waals surface area contributed by atoms with Crippen LogP contribution in [0.15, 0.2) is 60.8 Å². The molecule has 3 N–H and O–H groups in total. The molecule has 1 heterocycles. The minimum absolute atomic E-state index is 0.357. The molecule has 0 saturated heterocycles. The summed E-state index contributed by atoms with van der Waals surface area (Å²) in [5.74, 6) is 1.07. The predicted octanol–water partition coefficient (Wildman–Crippen LogP) is 5.44. The fourth-order valence-electron chi connectivity index (χ4n) is 2.43. The summed E-state index contributed by atoms with van der Waals surface area (Å²) in [4.78, 5) is 16.3. The molecular weight excluding hydrogens is 364 g/mol. The summed E-state index contributed by atoms with van der Waals surface area (Å²) in [7, 11) is 1.59. The van der Waals surface area contributed by atoms with Gasteiger partial charge in [-0.1, -0.05) is 29.8 Å². The molecule has 0 atom stereocenters. The van der Waals surface area contributed by atoms with Crippen LogP contribution in [0.5, 0.6) is 5.75 Å². The number of nitrogens with zero attached hydrogens (tertiary/aromatic N) is 1. The summed E-state index contributed by atoms with van der Waals surface area (Å²) in [6.45, 7) is 1.92. The Hall–Kier alpha value is -3.25. The Bertz CT molecular complexity index is 931. The van der Waals surface area contributed by atoms with Crippen LogP contribution in [-0.2, 0) is 0 Å². The van der Waals surface area contributed by atoms with Crippen molar-refractivity contribution in [3.63, 3.8) is 0 Å². The topological polar surface area (TPSA) is 75.3 Å². The van der Waals surface area contributed by atoms with E-state index in [9.17, 15) is 4.79 Å². The number of methoxy groups -OCH3 is 1. The van der Waals surface area contributed by atoms with Gasteiger partial charge in [-0.25, -0.2) is 9.78 Å². The molecule has 3 rings (SSSR count). The fourth-order valence-corrected chi connectivity index (χ4v) is 2.58. The molecular formula is C20H19ClN4O2. The van der Waals surface area contributed by atoms with E-state index in [1.165, 1.54) is 0 Å². The van der Waals surface area contributed by atoms with Gasteiger partial charge in [-0.05, 0) is 42.8 Å². The van der Waals surface area contributed by atoms with Gasteiger partial charge in [0.15, 0.2) is 0 Å². The molecule has 0 spiro atoms. The van der Waals surface area contributed by atoms with Gasteiger partial charge in [0.25, 0.3) is 0 Å². The molecule has 6 nitrogen and oxygen atoms in total. The van der Waals surface area contributed by atoms with Gasteiger partial charge < -0.3 is 15.4 Å². The summed E-state index contributed by atoms with van der Waals surface area (Å²) in [5, 5.41) is 9.30. The van der Waals surface area contributed by atoms with E-state index in [4.69, 9.17) is 16.3 Å². The van der Waals surface area contributed by atoms with Crippen molar-refractivity contribution in [2.75, 3.05) is 23.1 Å². The summed E-state index contributed by atoms with van der Waals surface area (Å²) >= 11 is 6.13. The van der Waals surface area contributed by atoms with Crippen LogP contribution < -0.4 is 20.7 Å². The number of pyridine rings is 1. The highest BCUT2D eigenvalue weighted by molar-refractivity contribution is 6.31. The highest BCUT2D eigenvalue weighted by atomic mass is 35.5. The van der Waals surface area contributed by atoms with Gasteiger partial charge in [0.05, 0.1) is 24.7 Å². The number of halogens is 1. The maximum Gasteiger partial charge on any atom is 0.324 e. The van der Waals surface area contributed by atoms with Gasteiger partial charge in [-0.2, -0.15) is 0 Å². The number of carbonyl (C=O) groups excluding carboxylic acids is 1. The minimum atomic E-state index is -0.357. The number of aryl methyl sites for hydroxylation is 1. The molecule has 3 aromatic rings. The number of ether oxygens (including phenoxy) is 1. The quantitative estimate of drug-likeness (QED) is 0.549. The van der Waals surface area contributed by atoms with Crippen LogP contribution in [0.25, 0.3) is 0 Å². The molecule has 1 aromatic heterocycles. The van der Waals surface area contributed by atoms with Crippen molar-refractivity contribution < 1.29 is 9.53 Å². The monoisotopic (exact) mass is 382 g/mol. The first-order chi connectivity index (χ1) is 13.0. The van der Waals surface area contributed by atoms with E-state index in [1.54, 1.807) is 25.4 Å². The molecule has 0 fully saturated rings. The largest absolute Gasteiger partial charge is 0.495 e. The number of nitrogens with one attached hydrogen (secondary N) is 3. The molecule has 0 aliphatic carbocycles. The normalized spacial score (nSPS) is 10.2. The van der Waals surface area contributed by atoms with E-state index in [1.807, 2.05) is 49.4 Å². The van der Waals surface area contributed by atoms with Crippen LogP contribution >= 0.6 is 11.6 Å². The number of anilines is 4. The van der Waals surface area contributed by atoms with E-state index in [-0.39, 0.29) is 6.03 Å². The van der Waals surface area contributed by atoms with E-state index < -0.39 is 0 Å². The average molecular weight is 383 g/mol. The number of benzene rings is 2. The van der Waals surface area contributed by atoms with E-state index in [2.05, 4.69) is 20.9 Å². The zero-order valence-corrected chi connectivity index (χ0v) is 15.7. The number of rotatable bonds is 5. The van der Waals surface area contributed by atoms with Crippen LogP contribution in [0, 0.1) is 6.92 Å². The summed E-state index contributed by atoms with van der Waals surface area (Å²) in [6, 6.07) is 16.0. The number of urea groups is 1. The molecule has 0 saturated carbocycles. The predicted molar refractivity (Wildman–Crippen MR) is 109 cm³/mol. The number of hydrogen-bond donors (Lipinski definition) is 3. The maximum atomic E-state index is 12.0. The van der Waals surface area contributed by atoms with Crippen molar-refractivity contribution in [2.24, 2.45) is 0 Å². The number of hydrogen-bond acceptors (Lipinski definition) is 4. The zero-order chi connectivity index (χ0) is 19.2. The van der Waals surface area contributed by atoms with E-state index in [0.717, 1.165) is 16.9 Å². The van der Waals surface area contributed by atoms with Crippen LogP contribution in [0.4, 0.5) is 27.7 Å². The van der Waals surface area contributed by atoms with Gasteiger partial charge >= 0.3 is 6.03 Å². The highest BCUT2D eigenvalue weighted by Gasteiger charge is 2.08. The van der Waals surface area contributed by atoms with Gasteiger partial charge in [-0.15, -0.1) is 0 Å². The molecule has 138 valence electrons. The maximum absolute atomic E-state index is 12.0. The van der Waals surface area contributed by atoms with Crippen molar-refractivity contribution in [3.8, 4) is 5.75 Å². The van der Waals surface area contributed by atoms with Gasteiger partial charge in [0, 0.05) is 16.8 Å². The van der Waals surface area contributed by atoms with Gasteiger partial charge in [0.2, 0.25) is 0 Å². The molecule has 0 unspecified atom stereocenters. The molecule has 7 heteroatoms. The summed E-state index contributed by atoms with van der Waals surface area (Å²) in [5.41, 5.74) is 3.18. The van der Waals surface area contributed by atoms with Gasteiger partial charge in [0.1, 0.15) is 11.6 Å². The smallest absolute Gasteiger partial charge is 0.324 e. The van der Waals surface area contributed by atoms with Crippen molar-refractivity contribution in [1.29, 1.82) is 0 Å². The lowest BCUT2D eigenvalue weighted by atomic mass is 10.2. The molecule has 0 bridgehead atoms. The molecule has 0 aliphatic rings. The second kappa shape index (κ2) is 8.42.